The van der Waals surface area contributed by atoms with E-state index >= 15 is 0 Å². The van der Waals surface area contributed by atoms with Gasteiger partial charge in [-0.3, -0.25) is 0 Å². The van der Waals surface area contributed by atoms with E-state index in [4.69, 9.17) is 0 Å². The Labute approximate surface area is 384 Å². The summed E-state index contributed by atoms with van der Waals surface area (Å²) in [5.74, 6) is 0. The van der Waals surface area contributed by atoms with E-state index in [2.05, 4.69) is 243 Å². The summed E-state index contributed by atoms with van der Waals surface area (Å²) in [4.78, 5) is 0. The van der Waals surface area contributed by atoms with Crippen LogP contribution in [0.25, 0.3) is 129 Å². The van der Waals surface area contributed by atoms with Gasteiger partial charge in [-0.1, -0.05) is 36.4 Å². The molecule has 0 aliphatic rings. The van der Waals surface area contributed by atoms with Crippen molar-refractivity contribution in [3.8, 4) is 66.8 Å². The summed E-state index contributed by atoms with van der Waals surface area (Å²) in [5, 5.41) is 12.9. The van der Waals surface area contributed by atoms with Crippen LogP contribution in [0.5, 0.6) is 0 Å². The van der Waals surface area contributed by atoms with Gasteiger partial charge in [0.05, 0.1) is 0 Å². The van der Waals surface area contributed by atoms with Gasteiger partial charge in [-0.25, -0.2) is 0 Å². The molecule has 0 radical (unpaired) electrons. The van der Waals surface area contributed by atoms with Crippen molar-refractivity contribution in [3.63, 3.8) is 0 Å². The number of rotatable bonds is 6. The van der Waals surface area contributed by atoms with Crippen molar-refractivity contribution in [2.45, 2.75) is 0 Å². The Hall–Kier alpha value is -7.80. The zero-order chi connectivity index (χ0) is 42.8. The second-order valence-corrected chi connectivity index (χ2v) is 19.3. The van der Waals surface area contributed by atoms with Gasteiger partial charge >= 0.3 is 350 Å². The molecule has 0 N–H and O–H groups in total. The molecule has 13 rings (SSSR count). The fraction of sp³-hybridized carbons (Fsp3) is 0. The van der Waals surface area contributed by atoms with Gasteiger partial charge in [0.2, 0.25) is 0 Å². The minimum Gasteiger partial charge on any atom is -0.0617 e. The Balaban J connectivity index is 1.07. The minimum absolute atomic E-state index is 0.178. The van der Waals surface area contributed by atoms with Crippen LogP contribution >= 0.6 is 0 Å². The minimum atomic E-state index is 0.178. The molecule has 1 heteroatoms. The molecule has 13 aromatic rings. The van der Waals surface area contributed by atoms with E-state index in [1.54, 1.807) is 0 Å². The van der Waals surface area contributed by atoms with Gasteiger partial charge in [0, 0.05) is 0 Å². The summed E-state index contributed by atoms with van der Waals surface area (Å²) in [6.45, 7) is 0. The van der Waals surface area contributed by atoms with Gasteiger partial charge in [0.15, 0.2) is 0 Å². The molecule has 0 aliphatic carbocycles. The van der Waals surface area contributed by atoms with Gasteiger partial charge in [-0.15, -0.1) is 0 Å². The molecule has 0 saturated carbocycles. The molecule has 0 atom stereocenters. The van der Waals surface area contributed by atoms with E-state index < -0.39 is 0 Å². The van der Waals surface area contributed by atoms with Crippen LogP contribution in [0.2, 0.25) is 0 Å². The van der Waals surface area contributed by atoms with E-state index in [-0.39, 0.29) is 14.5 Å². The molecule has 12 aromatic carbocycles. The first kappa shape index (κ1) is 37.7. The summed E-state index contributed by atoms with van der Waals surface area (Å²) < 4.78 is 2.88. The SMILES string of the molecule is c1ccc(-c2cc(-c3ccccc3)cc(-c3c4ccccc4c(-c4cccc5[se]c6ccc(-c7c8ccccc8c(-c8ccccc8)c8ccccc78)cc6c45)c4ccccc34)c2)cc1. The first-order valence-electron chi connectivity index (χ1n) is 22.4. The van der Waals surface area contributed by atoms with Crippen molar-refractivity contribution >= 4 is 76.9 Å². The number of benzene rings is 12. The van der Waals surface area contributed by atoms with Crippen LogP contribution in [0.15, 0.2) is 243 Å². The summed E-state index contributed by atoms with van der Waals surface area (Å²) >= 11 is 0.178. The third-order valence-corrected chi connectivity index (χ3v) is 15.8. The molecule has 0 saturated heterocycles. The average molecular weight is 888 g/mol. The third kappa shape index (κ3) is 6.20. The van der Waals surface area contributed by atoms with Crippen LogP contribution < -0.4 is 0 Å². The zero-order valence-corrected chi connectivity index (χ0v) is 37.2. The van der Waals surface area contributed by atoms with E-state index in [1.807, 2.05) is 0 Å². The summed E-state index contributed by atoms with van der Waals surface area (Å²) in [6, 6.07) is 90.2. The molecule has 1 heterocycles. The molecule has 65 heavy (non-hydrogen) atoms. The molecule has 0 bridgehead atoms. The maximum absolute atomic E-state index is 2.52. The van der Waals surface area contributed by atoms with Gasteiger partial charge in [0.1, 0.15) is 0 Å². The quantitative estimate of drug-likeness (QED) is 0.115. The molecule has 0 nitrogen and oxygen atoms in total. The third-order valence-electron chi connectivity index (χ3n) is 13.4. The van der Waals surface area contributed by atoms with Crippen molar-refractivity contribution < 1.29 is 0 Å². The predicted molar refractivity (Wildman–Crippen MR) is 281 cm³/mol. The summed E-state index contributed by atoms with van der Waals surface area (Å²) in [6.07, 6.45) is 0. The van der Waals surface area contributed by atoms with Crippen molar-refractivity contribution in [3.05, 3.63) is 243 Å². The van der Waals surface area contributed by atoms with Crippen molar-refractivity contribution in [2.75, 3.05) is 0 Å². The zero-order valence-electron chi connectivity index (χ0n) is 35.5. The molecule has 0 aliphatic heterocycles. The van der Waals surface area contributed by atoms with Crippen molar-refractivity contribution in [2.24, 2.45) is 0 Å². The fourth-order valence-electron chi connectivity index (χ4n) is 10.6. The van der Waals surface area contributed by atoms with Crippen molar-refractivity contribution in [1.82, 2.24) is 0 Å². The molecule has 0 spiro atoms. The van der Waals surface area contributed by atoms with Crippen LogP contribution in [0, 0.1) is 0 Å². The Kier molecular flexibility index (Phi) is 8.98. The first-order chi connectivity index (χ1) is 32.3. The summed E-state index contributed by atoms with van der Waals surface area (Å²) in [7, 11) is 0. The second-order valence-electron chi connectivity index (χ2n) is 17.1. The van der Waals surface area contributed by atoms with Crippen LogP contribution in [0.1, 0.15) is 0 Å². The van der Waals surface area contributed by atoms with Gasteiger partial charge in [-0.05, 0) is 0 Å². The van der Waals surface area contributed by atoms with Crippen LogP contribution in [-0.2, 0) is 0 Å². The van der Waals surface area contributed by atoms with Gasteiger partial charge in [-0.2, -0.15) is 0 Å². The van der Waals surface area contributed by atoms with Gasteiger partial charge < -0.3 is 0 Å². The molecule has 1 aromatic heterocycles. The molecular formula is C64H40Se. The maximum atomic E-state index is 2.52. The van der Waals surface area contributed by atoms with E-state index in [1.165, 1.54) is 129 Å². The fourth-order valence-corrected chi connectivity index (χ4v) is 13.0. The molecule has 302 valence electrons. The Bertz CT molecular complexity index is 3800. The number of fused-ring (bicyclic) bond motifs is 7. The molecule has 0 fully saturated rings. The number of hydrogen-bond donors (Lipinski definition) is 0. The monoisotopic (exact) mass is 888 g/mol. The van der Waals surface area contributed by atoms with Crippen LogP contribution in [0.3, 0.4) is 0 Å². The Morgan fingerprint density at radius 1 is 0.200 bits per heavy atom. The molecular weight excluding hydrogens is 848 g/mol. The van der Waals surface area contributed by atoms with Crippen molar-refractivity contribution in [1.29, 1.82) is 0 Å². The van der Waals surface area contributed by atoms with E-state index in [0.717, 1.165) is 0 Å². The van der Waals surface area contributed by atoms with Crippen LogP contribution in [0.4, 0.5) is 0 Å². The topological polar surface area (TPSA) is 0 Å². The number of hydrogen-bond acceptors (Lipinski definition) is 0. The predicted octanol–water partition coefficient (Wildman–Crippen LogP) is 17.7. The molecule has 0 unspecified atom stereocenters. The smallest absolute Gasteiger partial charge is 0.0617 e. The average Bonchev–Trinajstić information content (AvgIpc) is 3.76. The van der Waals surface area contributed by atoms with E-state index in [9.17, 15) is 0 Å². The van der Waals surface area contributed by atoms with Crippen LogP contribution in [-0.4, -0.2) is 14.5 Å². The van der Waals surface area contributed by atoms with Gasteiger partial charge in [0.25, 0.3) is 0 Å². The second kappa shape index (κ2) is 15.5. The normalized spacial score (nSPS) is 11.7. The summed E-state index contributed by atoms with van der Waals surface area (Å²) in [5.41, 5.74) is 15.0. The first-order valence-corrected chi connectivity index (χ1v) is 24.1. The standard InChI is InChI=1S/C64H40Se/c1-4-19-41(20-5-1)45-37-46(42-21-6-2-7-22-42)39-47(38-45)62-52-29-14-16-31-54(52)63(55-32-17-15-30-53(55)62)56-33-18-34-59-64(56)57-40-44(35-36-58(57)65-59)61-50-27-12-10-25-48(50)60(43-23-8-3-9-24-43)49-26-11-13-28-51(49)61/h1-40H. The Morgan fingerprint density at radius 3 is 1.06 bits per heavy atom. The molecule has 0 amide bonds. The van der Waals surface area contributed by atoms with E-state index in [0.29, 0.717) is 0 Å². The Morgan fingerprint density at radius 2 is 0.585 bits per heavy atom.